The van der Waals surface area contributed by atoms with Crippen molar-refractivity contribution < 1.29 is 23.1 Å². The van der Waals surface area contributed by atoms with Gasteiger partial charge in [0.25, 0.3) is 0 Å². The maximum Gasteiger partial charge on any atom is 0.380 e. The number of esters is 1. The molecule has 0 radical (unpaired) electrons. The van der Waals surface area contributed by atoms with Crippen LogP contribution in [0.2, 0.25) is 0 Å². The Morgan fingerprint density at radius 1 is 1.05 bits per heavy atom. The third-order valence-corrected chi connectivity index (χ3v) is 4.60. The fourth-order valence-electron chi connectivity index (χ4n) is 1.40. The summed E-state index contributed by atoms with van der Waals surface area (Å²) in [5, 5.41) is 0. The minimum absolute atomic E-state index is 0.340. The van der Waals surface area contributed by atoms with Crippen LogP contribution in [-0.2, 0) is 25.6 Å². The summed E-state index contributed by atoms with van der Waals surface area (Å²) in [4.78, 5) is 11.5. The molecule has 0 aliphatic heterocycles. The number of carbonyl (C=O) groups excluding carboxylic acids is 1. The summed E-state index contributed by atoms with van der Waals surface area (Å²) >= 11 is 5.26. The van der Waals surface area contributed by atoms with Crippen molar-refractivity contribution in [3.63, 3.8) is 0 Å². The van der Waals surface area contributed by atoms with E-state index in [1.165, 1.54) is 0 Å². The van der Waals surface area contributed by atoms with Crippen molar-refractivity contribution in [1.82, 2.24) is 0 Å². The van der Waals surface area contributed by atoms with Crippen molar-refractivity contribution >= 4 is 24.5 Å². The molecule has 0 saturated heterocycles. The fourth-order valence-corrected chi connectivity index (χ4v) is 3.48. The number of hydrogen-bond donors (Lipinski definition) is 0. The average molecular weight is 318 g/mol. The van der Waals surface area contributed by atoms with E-state index in [0.717, 1.165) is 0 Å². The Morgan fingerprint density at radius 2 is 1.60 bits per heavy atom. The highest BCUT2D eigenvalue weighted by molar-refractivity contribution is 8.07. The van der Waals surface area contributed by atoms with Gasteiger partial charge >= 0.3 is 12.7 Å². The Kier molecular flexibility index (Phi) is 7.16. The molecule has 0 N–H and O–H groups in total. The van der Waals surface area contributed by atoms with Gasteiger partial charge in [-0.05, 0) is 45.0 Å². The van der Waals surface area contributed by atoms with Gasteiger partial charge in [-0.3, -0.25) is 9.05 Å². The van der Waals surface area contributed by atoms with Crippen LogP contribution in [0.3, 0.4) is 0 Å². The van der Waals surface area contributed by atoms with E-state index < -0.39 is 6.72 Å². The normalized spacial score (nSPS) is 11.2. The zero-order valence-electron chi connectivity index (χ0n) is 11.8. The molecular formula is C13H19O5PS. The van der Waals surface area contributed by atoms with E-state index in [-0.39, 0.29) is 5.97 Å². The van der Waals surface area contributed by atoms with Crippen LogP contribution in [0.25, 0.3) is 0 Å². The maximum atomic E-state index is 11.5. The van der Waals surface area contributed by atoms with Crippen LogP contribution in [-0.4, -0.2) is 25.8 Å². The SMILES string of the molecule is CCOC(=O)c1ccc(OP(=S)(OCC)OCC)cc1. The molecule has 0 aromatic heterocycles. The average Bonchev–Trinajstić information content (AvgIpc) is 2.40. The molecule has 20 heavy (non-hydrogen) atoms. The lowest BCUT2D eigenvalue weighted by molar-refractivity contribution is 0.0526. The molecule has 0 atom stereocenters. The quantitative estimate of drug-likeness (QED) is 0.540. The van der Waals surface area contributed by atoms with Gasteiger partial charge in [-0.2, -0.15) is 0 Å². The molecular weight excluding hydrogens is 299 g/mol. The molecule has 0 saturated carbocycles. The lowest BCUT2D eigenvalue weighted by atomic mass is 10.2. The highest BCUT2D eigenvalue weighted by Gasteiger charge is 2.21. The molecule has 1 aromatic carbocycles. The van der Waals surface area contributed by atoms with E-state index in [0.29, 0.717) is 31.1 Å². The Balaban J connectivity index is 2.77. The van der Waals surface area contributed by atoms with Gasteiger partial charge in [-0.15, -0.1) is 0 Å². The molecule has 0 aliphatic carbocycles. The van der Waals surface area contributed by atoms with E-state index in [9.17, 15) is 4.79 Å². The molecule has 0 aliphatic rings. The summed E-state index contributed by atoms with van der Waals surface area (Å²) in [6.45, 7) is 3.81. The van der Waals surface area contributed by atoms with Gasteiger partial charge in [0.05, 0.1) is 25.4 Å². The van der Waals surface area contributed by atoms with Crippen molar-refractivity contribution in [2.45, 2.75) is 20.8 Å². The molecule has 7 heteroatoms. The van der Waals surface area contributed by atoms with Gasteiger partial charge in [0.15, 0.2) is 0 Å². The second-order valence-electron chi connectivity index (χ2n) is 3.62. The zero-order valence-corrected chi connectivity index (χ0v) is 13.5. The van der Waals surface area contributed by atoms with Crippen LogP contribution in [0.5, 0.6) is 5.75 Å². The summed E-state index contributed by atoms with van der Waals surface area (Å²) in [5.41, 5.74) is 0.459. The molecule has 112 valence electrons. The molecule has 1 aromatic rings. The molecule has 0 amide bonds. The minimum atomic E-state index is -2.78. The largest absolute Gasteiger partial charge is 0.462 e. The number of rotatable bonds is 8. The van der Waals surface area contributed by atoms with Crippen LogP contribution in [0.4, 0.5) is 0 Å². The van der Waals surface area contributed by atoms with Gasteiger partial charge in [0.2, 0.25) is 0 Å². The van der Waals surface area contributed by atoms with Gasteiger partial charge < -0.3 is 9.26 Å². The van der Waals surface area contributed by atoms with Crippen LogP contribution in [0.1, 0.15) is 31.1 Å². The molecule has 1 rings (SSSR count). The number of benzene rings is 1. The van der Waals surface area contributed by atoms with Crippen molar-refractivity contribution in [1.29, 1.82) is 0 Å². The Bertz CT molecular complexity index is 464. The third kappa shape index (κ3) is 5.21. The highest BCUT2D eigenvalue weighted by Crippen LogP contribution is 2.49. The smallest absolute Gasteiger partial charge is 0.380 e. The Labute approximate surface area is 124 Å². The van der Waals surface area contributed by atoms with Crippen LogP contribution in [0.15, 0.2) is 24.3 Å². The van der Waals surface area contributed by atoms with Crippen LogP contribution < -0.4 is 4.52 Å². The Hall–Kier alpha value is -0.940. The second kappa shape index (κ2) is 8.37. The summed E-state index contributed by atoms with van der Waals surface area (Å²) in [6.07, 6.45) is 0. The first kappa shape index (κ1) is 17.1. The summed E-state index contributed by atoms with van der Waals surface area (Å²) < 4.78 is 21.3. The lowest BCUT2D eigenvalue weighted by Crippen LogP contribution is -2.05. The topological polar surface area (TPSA) is 54.0 Å². The predicted molar refractivity (Wildman–Crippen MR) is 80.6 cm³/mol. The van der Waals surface area contributed by atoms with Crippen LogP contribution in [0, 0.1) is 0 Å². The van der Waals surface area contributed by atoms with E-state index in [2.05, 4.69) is 0 Å². The van der Waals surface area contributed by atoms with Gasteiger partial charge in [0.1, 0.15) is 5.75 Å². The molecule has 0 bridgehead atoms. The first-order chi connectivity index (χ1) is 9.54. The van der Waals surface area contributed by atoms with Crippen LogP contribution >= 0.6 is 6.72 Å². The summed E-state index contributed by atoms with van der Waals surface area (Å²) in [7, 11) is 0. The van der Waals surface area contributed by atoms with Crippen molar-refractivity contribution in [2.24, 2.45) is 0 Å². The number of hydrogen-bond acceptors (Lipinski definition) is 6. The predicted octanol–water partition coefficient (Wildman–Crippen LogP) is 3.54. The molecule has 0 heterocycles. The molecule has 0 fully saturated rings. The first-order valence-electron chi connectivity index (χ1n) is 6.40. The number of ether oxygens (including phenoxy) is 1. The summed E-state index contributed by atoms with van der Waals surface area (Å²) in [5.74, 6) is 0.136. The van der Waals surface area contributed by atoms with E-state index in [4.69, 9.17) is 30.1 Å². The highest BCUT2D eigenvalue weighted by atomic mass is 32.5. The van der Waals surface area contributed by atoms with Gasteiger partial charge in [-0.25, -0.2) is 4.79 Å². The molecule has 0 unspecified atom stereocenters. The second-order valence-corrected chi connectivity index (χ2v) is 6.55. The Morgan fingerprint density at radius 3 is 2.05 bits per heavy atom. The standard InChI is InChI=1S/C13H19O5PS/c1-4-15-13(14)11-7-9-12(10-8-11)18-19(20,16-5-2)17-6-3/h7-10H,4-6H2,1-3H3. The third-order valence-electron chi connectivity index (χ3n) is 2.16. The van der Waals surface area contributed by atoms with Crippen molar-refractivity contribution in [2.75, 3.05) is 19.8 Å². The first-order valence-corrected chi connectivity index (χ1v) is 8.96. The summed E-state index contributed by atoms with van der Waals surface area (Å²) in [6, 6.07) is 6.52. The molecule has 5 nitrogen and oxygen atoms in total. The fraction of sp³-hybridized carbons (Fsp3) is 0.462. The number of carbonyl (C=O) groups is 1. The van der Waals surface area contributed by atoms with Gasteiger partial charge in [0, 0.05) is 11.8 Å². The van der Waals surface area contributed by atoms with E-state index in [1.807, 2.05) is 13.8 Å². The molecule has 0 spiro atoms. The zero-order chi connectivity index (χ0) is 15.0. The monoisotopic (exact) mass is 318 g/mol. The maximum absolute atomic E-state index is 11.5. The van der Waals surface area contributed by atoms with E-state index >= 15 is 0 Å². The van der Waals surface area contributed by atoms with Gasteiger partial charge in [-0.1, -0.05) is 0 Å². The van der Waals surface area contributed by atoms with Crippen molar-refractivity contribution in [3.8, 4) is 5.75 Å². The van der Waals surface area contributed by atoms with Crippen molar-refractivity contribution in [3.05, 3.63) is 29.8 Å². The van der Waals surface area contributed by atoms with E-state index in [1.54, 1.807) is 31.2 Å². The lowest BCUT2D eigenvalue weighted by Gasteiger charge is -2.21. The minimum Gasteiger partial charge on any atom is -0.462 e.